The lowest BCUT2D eigenvalue weighted by Gasteiger charge is -2.20. The lowest BCUT2D eigenvalue weighted by atomic mass is 9.86. The molecule has 1 aromatic carbocycles. The Morgan fingerprint density at radius 3 is 2.38 bits per heavy atom. The second-order valence-electron chi connectivity index (χ2n) is 6.61. The number of likely N-dealkylation sites (tertiary alicyclic amines) is 1. The molecule has 2 N–H and O–H groups in total. The van der Waals surface area contributed by atoms with Gasteiger partial charge in [-0.2, -0.15) is 0 Å². The smallest absolute Gasteiger partial charge is 0.325 e. The van der Waals surface area contributed by atoms with Crippen molar-refractivity contribution in [1.82, 2.24) is 15.5 Å². The van der Waals surface area contributed by atoms with Gasteiger partial charge < -0.3 is 10.1 Å². The number of imide groups is 1. The van der Waals surface area contributed by atoms with Gasteiger partial charge in [0.15, 0.2) is 0 Å². The van der Waals surface area contributed by atoms with Gasteiger partial charge in [-0.1, -0.05) is 29.8 Å². The van der Waals surface area contributed by atoms with Crippen LogP contribution in [0.5, 0.6) is 0 Å². The fourth-order valence-corrected chi connectivity index (χ4v) is 3.62. The summed E-state index contributed by atoms with van der Waals surface area (Å²) in [5, 5.41) is 5.58. The monoisotopic (exact) mass is 359 g/mol. The number of esters is 1. The molecule has 0 aromatic heterocycles. The Balaban J connectivity index is 1.88. The number of aryl methyl sites for hydroxylation is 1. The number of nitrogens with one attached hydrogen (secondary N) is 2. The van der Waals surface area contributed by atoms with Gasteiger partial charge in [0.05, 0.1) is 25.0 Å². The highest BCUT2D eigenvalue weighted by atomic mass is 16.5. The van der Waals surface area contributed by atoms with Crippen molar-refractivity contribution in [2.75, 3.05) is 20.7 Å². The Labute approximate surface area is 150 Å². The molecule has 0 saturated carbocycles. The van der Waals surface area contributed by atoms with Gasteiger partial charge in [-0.05, 0) is 12.5 Å². The van der Waals surface area contributed by atoms with Crippen molar-refractivity contribution in [2.24, 2.45) is 11.8 Å². The SMILES string of the molecule is COC(=O)CNC(=O)[C@@H]1N[C@H](c2ccc(C)cc2)C2C(=O)N(C)C(=O)C21. The standard InChI is InChI=1S/C18H21N3O5/c1-9-4-6-10(7-5-9)14-12-13(18(25)21(2)17(12)24)15(20-14)16(23)19-8-11(22)26-3/h4-7,12-15,20H,8H2,1-3H3,(H,19,23)/t12?,13?,14-,15-/m1/s1. The van der Waals surface area contributed by atoms with Crippen LogP contribution in [0.15, 0.2) is 24.3 Å². The number of carbonyl (C=O) groups is 4. The number of ether oxygens (including phenoxy) is 1. The van der Waals surface area contributed by atoms with E-state index in [1.807, 2.05) is 31.2 Å². The van der Waals surface area contributed by atoms with Gasteiger partial charge in [0, 0.05) is 13.1 Å². The third-order valence-electron chi connectivity index (χ3n) is 5.05. The van der Waals surface area contributed by atoms with Crippen molar-refractivity contribution < 1.29 is 23.9 Å². The van der Waals surface area contributed by atoms with Crippen molar-refractivity contribution in [1.29, 1.82) is 0 Å². The fraction of sp³-hybridized carbons (Fsp3) is 0.444. The van der Waals surface area contributed by atoms with Crippen LogP contribution in [0.3, 0.4) is 0 Å². The van der Waals surface area contributed by atoms with Crippen LogP contribution in [0.1, 0.15) is 17.2 Å². The Morgan fingerprint density at radius 2 is 1.77 bits per heavy atom. The van der Waals surface area contributed by atoms with E-state index in [1.54, 1.807) is 0 Å². The molecular formula is C18H21N3O5. The molecule has 2 aliphatic rings. The quantitative estimate of drug-likeness (QED) is 0.556. The number of benzene rings is 1. The first-order chi connectivity index (χ1) is 12.3. The lowest BCUT2D eigenvalue weighted by Crippen LogP contribution is -2.48. The van der Waals surface area contributed by atoms with Gasteiger partial charge in [0.25, 0.3) is 0 Å². The Bertz CT molecular complexity index is 761. The van der Waals surface area contributed by atoms with E-state index in [0.717, 1.165) is 16.0 Å². The third kappa shape index (κ3) is 2.96. The number of carbonyl (C=O) groups excluding carboxylic acids is 4. The molecule has 138 valence electrons. The van der Waals surface area contributed by atoms with Gasteiger partial charge in [-0.15, -0.1) is 0 Å². The molecule has 0 bridgehead atoms. The maximum Gasteiger partial charge on any atom is 0.325 e. The molecule has 4 atom stereocenters. The first-order valence-electron chi connectivity index (χ1n) is 8.33. The molecule has 2 aliphatic heterocycles. The second-order valence-corrected chi connectivity index (χ2v) is 6.61. The molecule has 2 unspecified atom stereocenters. The molecule has 0 spiro atoms. The van der Waals surface area contributed by atoms with E-state index >= 15 is 0 Å². The highest BCUT2D eigenvalue weighted by Crippen LogP contribution is 2.43. The molecule has 1 aromatic rings. The minimum atomic E-state index is -0.891. The van der Waals surface area contributed by atoms with E-state index in [1.165, 1.54) is 14.2 Å². The van der Waals surface area contributed by atoms with E-state index in [-0.39, 0.29) is 18.4 Å². The largest absolute Gasteiger partial charge is 0.468 e. The van der Waals surface area contributed by atoms with Crippen molar-refractivity contribution in [3.8, 4) is 0 Å². The van der Waals surface area contributed by atoms with Crippen molar-refractivity contribution in [2.45, 2.75) is 19.0 Å². The third-order valence-corrected chi connectivity index (χ3v) is 5.05. The van der Waals surface area contributed by atoms with Crippen molar-refractivity contribution in [3.05, 3.63) is 35.4 Å². The summed E-state index contributed by atoms with van der Waals surface area (Å²) in [6.45, 7) is 1.66. The summed E-state index contributed by atoms with van der Waals surface area (Å²) in [7, 11) is 2.65. The predicted molar refractivity (Wildman–Crippen MR) is 90.6 cm³/mol. The van der Waals surface area contributed by atoms with Crippen LogP contribution in [0.25, 0.3) is 0 Å². The lowest BCUT2D eigenvalue weighted by molar-refractivity contribution is -0.141. The summed E-state index contributed by atoms with van der Waals surface area (Å²) >= 11 is 0. The topological polar surface area (TPSA) is 105 Å². The number of hydrogen-bond donors (Lipinski definition) is 2. The molecule has 3 rings (SSSR count). The Hall–Kier alpha value is -2.74. The normalized spacial score (nSPS) is 27.4. The molecule has 2 saturated heterocycles. The molecular weight excluding hydrogens is 338 g/mol. The molecule has 26 heavy (non-hydrogen) atoms. The number of amides is 3. The first-order valence-corrected chi connectivity index (χ1v) is 8.33. The zero-order valence-electron chi connectivity index (χ0n) is 14.8. The van der Waals surface area contributed by atoms with Crippen LogP contribution in [0.4, 0.5) is 0 Å². The van der Waals surface area contributed by atoms with Gasteiger partial charge in [0.2, 0.25) is 17.7 Å². The summed E-state index contributed by atoms with van der Waals surface area (Å²) in [6.07, 6.45) is 0. The summed E-state index contributed by atoms with van der Waals surface area (Å²) < 4.78 is 4.50. The number of hydrogen-bond acceptors (Lipinski definition) is 6. The van der Waals surface area contributed by atoms with E-state index < -0.39 is 35.8 Å². The highest BCUT2D eigenvalue weighted by Gasteiger charge is 2.59. The van der Waals surface area contributed by atoms with Gasteiger partial charge >= 0.3 is 5.97 Å². The zero-order chi connectivity index (χ0) is 19.0. The minimum absolute atomic E-state index is 0.294. The molecule has 0 radical (unpaired) electrons. The summed E-state index contributed by atoms with van der Waals surface area (Å²) in [4.78, 5) is 50.0. The summed E-state index contributed by atoms with van der Waals surface area (Å²) in [5.74, 6) is -3.23. The predicted octanol–water partition coefficient (Wildman–Crippen LogP) is -0.472. The molecule has 8 nitrogen and oxygen atoms in total. The maximum atomic E-state index is 12.6. The molecule has 3 amide bonds. The Morgan fingerprint density at radius 1 is 1.15 bits per heavy atom. The summed E-state index contributed by atoms with van der Waals surface area (Å²) in [5.41, 5.74) is 1.91. The average molecular weight is 359 g/mol. The van der Waals surface area contributed by atoms with Crippen LogP contribution in [-0.4, -0.2) is 55.3 Å². The highest BCUT2D eigenvalue weighted by molar-refractivity contribution is 6.08. The van der Waals surface area contributed by atoms with Crippen LogP contribution in [0, 0.1) is 18.8 Å². The van der Waals surface area contributed by atoms with Crippen LogP contribution >= 0.6 is 0 Å². The second kappa shape index (κ2) is 6.87. The molecule has 2 fully saturated rings. The van der Waals surface area contributed by atoms with Crippen LogP contribution in [0.2, 0.25) is 0 Å². The molecule has 0 aliphatic carbocycles. The zero-order valence-corrected chi connectivity index (χ0v) is 14.8. The number of rotatable bonds is 4. The van der Waals surface area contributed by atoms with E-state index in [4.69, 9.17) is 0 Å². The number of methoxy groups -OCH3 is 1. The first kappa shape index (κ1) is 18.1. The number of nitrogens with zero attached hydrogens (tertiary/aromatic N) is 1. The van der Waals surface area contributed by atoms with Crippen molar-refractivity contribution in [3.63, 3.8) is 0 Å². The number of fused-ring (bicyclic) bond motifs is 1. The average Bonchev–Trinajstić information content (AvgIpc) is 3.13. The van der Waals surface area contributed by atoms with Crippen LogP contribution in [-0.2, 0) is 23.9 Å². The summed E-state index contributed by atoms with van der Waals surface area (Å²) in [6, 6.07) is 6.26. The van der Waals surface area contributed by atoms with E-state index in [9.17, 15) is 19.2 Å². The molecule has 8 heteroatoms. The van der Waals surface area contributed by atoms with Gasteiger partial charge in [-0.25, -0.2) is 0 Å². The molecule has 2 heterocycles. The Kier molecular flexibility index (Phi) is 4.78. The minimum Gasteiger partial charge on any atom is -0.468 e. The van der Waals surface area contributed by atoms with Crippen LogP contribution < -0.4 is 10.6 Å². The van der Waals surface area contributed by atoms with Gasteiger partial charge in [0.1, 0.15) is 6.54 Å². The van der Waals surface area contributed by atoms with Gasteiger partial charge in [-0.3, -0.25) is 29.4 Å². The van der Waals surface area contributed by atoms with E-state index in [2.05, 4.69) is 15.4 Å². The van der Waals surface area contributed by atoms with Crippen molar-refractivity contribution >= 4 is 23.7 Å². The fourth-order valence-electron chi connectivity index (χ4n) is 3.62. The maximum absolute atomic E-state index is 12.6. The van der Waals surface area contributed by atoms with E-state index in [0.29, 0.717) is 0 Å².